The van der Waals surface area contributed by atoms with Crippen molar-refractivity contribution in [2.24, 2.45) is 5.92 Å². The van der Waals surface area contributed by atoms with Gasteiger partial charge in [-0.15, -0.1) is 11.3 Å². The summed E-state index contributed by atoms with van der Waals surface area (Å²) in [5.74, 6) is -0.0129. The fraction of sp³-hybridized carbons (Fsp3) is 0.500. The highest BCUT2D eigenvalue weighted by atomic mass is 32.1. The van der Waals surface area contributed by atoms with Gasteiger partial charge in [-0.3, -0.25) is 9.59 Å². The third-order valence-corrected chi connectivity index (χ3v) is 5.67. The number of thiazole rings is 1. The zero-order valence-corrected chi connectivity index (χ0v) is 16.1. The van der Waals surface area contributed by atoms with Crippen molar-refractivity contribution in [3.8, 4) is 10.8 Å². The van der Waals surface area contributed by atoms with Crippen LogP contribution in [0, 0.1) is 5.92 Å². The van der Waals surface area contributed by atoms with Crippen LogP contribution in [-0.4, -0.2) is 62.5 Å². The van der Waals surface area contributed by atoms with E-state index in [1.165, 1.54) is 11.3 Å². The Kier molecular flexibility index (Phi) is 6.12. The summed E-state index contributed by atoms with van der Waals surface area (Å²) in [4.78, 5) is 39.0. The van der Waals surface area contributed by atoms with Gasteiger partial charge in [-0.1, -0.05) is 0 Å². The van der Waals surface area contributed by atoms with Crippen LogP contribution in [0.4, 0.5) is 0 Å². The van der Waals surface area contributed by atoms with E-state index in [0.717, 1.165) is 0 Å². The third kappa shape index (κ3) is 4.48. The molecular weight excluding hydrogens is 366 g/mol. The molecule has 3 rings (SSSR count). The number of aromatic nitrogens is 3. The van der Waals surface area contributed by atoms with Crippen molar-refractivity contribution in [3.05, 3.63) is 29.5 Å². The SMILES string of the molecule is CCN(C)C(=O)[C@H]1CC[C@@H](NC(=O)c2csc(-c3ncccn3)n2)[C@H](O)C1. The molecule has 2 amide bonds. The first-order valence-electron chi connectivity index (χ1n) is 8.96. The Morgan fingerprint density at radius 2 is 2.07 bits per heavy atom. The Labute approximate surface area is 161 Å². The van der Waals surface area contributed by atoms with Gasteiger partial charge in [0, 0.05) is 37.3 Å². The van der Waals surface area contributed by atoms with Crippen LogP contribution in [0.15, 0.2) is 23.8 Å². The van der Waals surface area contributed by atoms with E-state index in [4.69, 9.17) is 0 Å². The largest absolute Gasteiger partial charge is 0.391 e. The van der Waals surface area contributed by atoms with Crippen molar-refractivity contribution in [2.75, 3.05) is 13.6 Å². The fourth-order valence-electron chi connectivity index (χ4n) is 3.14. The van der Waals surface area contributed by atoms with Crippen molar-refractivity contribution < 1.29 is 14.7 Å². The molecular formula is C18H23N5O3S. The summed E-state index contributed by atoms with van der Waals surface area (Å²) in [5, 5.41) is 15.5. The molecule has 0 bridgehead atoms. The van der Waals surface area contributed by atoms with E-state index < -0.39 is 6.10 Å². The van der Waals surface area contributed by atoms with Crippen molar-refractivity contribution in [1.82, 2.24) is 25.2 Å². The fourth-order valence-corrected chi connectivity index (χ4v) is 3.88. The Balaban J connectivity index is 1.59. The third-order valence-electron chi connectivity index (χ3n) is 4.83. The average molecular weight is 389 g/mol. The van der Waals surface area contributed by atoms with Crippen LogP contribution in [0.3, 0.4) is 0 Å². The van der Waals surface area contributed by atoms with Gasteiger partial charge in [-0.25, -0.2) is 15.0 Å². The number of aliphatic hydroxyl groups excluding tert-OH is 1. The quantitative estimate of drug-likeness (QED) is 0.799. The number of amides is 2. The maximum Gasteiger partial charge on any atom is 0.271 e. The standard InChI is InChI=1S/C18H23N5O3S/c1-3-23(2)18(26)11-5-6-12(14(24)9-11)21-16(25)13-10-27-17(22-13)15-19-7-4-8-20-15/h4,7-8,10-12,14,24H,3,5-6,9H2,1-2H3,(H,21,25)/t11-,12+,14+/m0/s1. The number of carbonyl (C=O) groups is 2. The second-order valence-electron chi connectivity index (χ2n) is 6.62. The second kappa shape index (κ2) is 8.53. The van der Waals surface area contributed by atoms with E-state index in [1.54, 1.807) is 35.8 Å². The molecule has 2 N–H and O–H groups in total. The average Bonchev–Trinajstić information content (AvgIpc) is 3.19. The Morgan fingerprint density at radius 1 is 1.33 bits per heavy atom. The van der Waals surface area contributed by atoms with E-state index >= 15 is 0 Å². The normalized spacial score (nSPS) is 22.3. The lowest BCUT2D eigenvalue weighted by atomic mass is 9.83. The molecule has 1 fully saturated rings. The molecule has 0 aliphatic heterocycles. The van der Waals surface area contributed by atoms with E-state index in [0.29, 0.717) is 36.6 Å². The first-order chi connectivity index (χ1) is 13.0. The lowest BCUT2D eigenvalue weighted by Crippen LogP contribution is -2.49. The summed E-state index contributed by atoms with van der Waals surface area (Å²) >= 11 is 1.29. The smallest absolute Gasteiger partial charge is 0.271 e. The molecule has 1 saturated carbocycles. The number of aliphatic hydroxyl groups is 1. The van der Waals surface area contributed by atoms with Crippen LogP contribution < -0.4 is 5.32 Å². The highest BCUT2D eigenvalue weighted by Gasteiger charge is 2.34. The second-order valence-corrected chi connectivity index (χ2v) is 7.48. The molecule has 0 unspecified atom stereocenters. The summed E-state index contributed by atoms with van der Waals surface area (Å²) in [6, 6.07) is 1.33. The van der Waals surface area contributed by atoms with Crippen LogP contribution in [-0.2, 0) is 4.79 Å². The highest BCUT2D eigenvalue weighted by molar-refractivity contribution is 7.13. The molecule has 9 heteroatoms. The summed E-state index contributed by atoms with van der Waals surface area (Å²) in [6.45, 7) is 2.56. The van der Waals surface area contributed by atoms with Crippen LogP contribution >= 0.6 is 11.3 Å². The summed E-state index contributed by atoms with van der Waals surface area (Å²) in [5.41, 5.74) is 0.276. The van der Waals surface area contributed by atoms with E-state index in [1.807, 2.05) is 6.92 Å². The number of rotatable bonds is 5. The molecule has 1 aliphatic rings. The molecule has 2 aromatic rings. The van der Waals surface area contributed by atoms with E-state index in [9.17, 15) is 14.7 Å². The lowest BCUT2D eigenvalue weighted by molar-refractivity contribution is -0.136. The Bertz CT molecular complexity index is 797. The minimum atomic E-state index is -0.752. The number of hydrogen-bond acceptors (Lipinski definition) is 7. The molecule has 2 heterocycles. The van der Waals surface area contributed by atoms with Crippen molar-refractivity contribution >= 4 is 23.2 Å². The highest BCUT2D eigenvalue weighted by Crippen LogP contribution is 2.27. The van der Waals surface area contributed by atoms with Gasteiger partial charge in [-0.2, -0.15) is 0 Å². The van der Waals surface area contributed by atoms with Gasteiger partial charge in [0.05, 0.1) is 12.1 Å². The summed E-state index contributed by atoms with van der Waals surface area (Å²) in [7, 11) is 1.76. The molecule has 27 heavy (non-hydrogen) atoms. The number of nitrogens with one attached hydrogen (secondary N) is 1. The molecule has 2 aromatic heterocycles. The predicted octanol–water partition coefficient (Wildman–Crippen LogP) is 1.34. The monoisotopic (exact) mass is 389 g/mol. The first-order valence-corrected chi connectivity index (χ1v) is 9.84. The number of hydrogen-bond donors (Lipinski definition) is 2. The molecule has 0 aromatic carbocycles. The molecule has 0 radical (unpaired) electrons. The zero-order valence-electron chi connectivity index (χ0n) is 15.3. The Hall–Kier alpha value is -2.39. The van der Waals surface area contributed by atoms with Crippen LogP contribution in [0.1, 0.15) is 36.7 Å². The maximum atomic E-state index is 12.5. The van der Waals surface area contributed by atoms with Gasteiger partial charge in [-0.05, 0) is 32.3 Å². The topological polar surface area (TPSA) is 108 Å². The number of carbonyl (C=O) groups excluding carboxylic acids is 2. The molecule has 144 valence electrons. The van der Waals surface area contributed by atoms with Gasteiger partial charge in [0.15, 0.2) is 10.8 Å². The van der Waals surface area contributed by atoms with Gasteiger partial charge in [0.1, 0.15) is 5.69 Å². The van der Waals surface area contributed by atoms with Gasteiger partial charge < -0.3 is 15.3 Å². The first kappa shape index (κ1) is 19.4. The van der Waals surface area contributed by atoms with Gasteiger partial charge in [0.2, 0.25) is 5.91 Å². The molecule has 1 aliphatic carbocycles. The summed E-state index contributed by atoms with van der Waals surface area (Å²) < 4.78 is 0. The zero-order chi connectivity index (χ0) is 19.4. The van der Waals surface area contributed by atoms with Crippen LogP contribution in [0.5, 0.6) is 0 Å². The molecule has 8 nitrogen and oxygen atoms in total. The van der Waals surface area contributed by atoms with Crippen molar-refractivity contribution in [3.63, 3.8) is 0 Å². The molecule has 3 atom stereocenters. The maximum absolute atomic E-state index is 12.5. The van der Waals surface area contributed by atoms with Gasteiger partial charge >= 0.3 is 0 Å². The number of nitrogens with zero attached hydrogens (tertiary/aromatic N) is 4. The molecule has 0 saturated heterocycles. The van der Waals surface area contributed by atoms with Crippen molar-refractivity contribution in [2.45, 2.75) is 38.3 Å². The predicted molar refractivity (Wildman–Crippen MR) is 101 cm³/mol. The van der Waals surface area contributed by atoms with Crippen LogP contribution in [0.2, 0.25) is 0 Å². The molecule has 0 spiro atoms. The van der Waals surface area contributed by atoms with Crippen LogP contribution in [0.25, 0.3) is 10.8 Å². The summed E-state index contributed by atoms with van der Waals surface area (Å²) in [6.07, 6.45) is 4.04. The van der Waals surface area contributed by atoms with Gasteiger partial charge in [0.25, 0.3) is 5.91 Å². The Morgan fingerprint density at radius 3 is 2.74 bits per heavy atom. The minimum absolute atomic E-state index is 0.0494. The van der Waals surface area contributed by atoms with E-state index in [-0.39, 0.29) is 29.5 Å². The van der Waals surface area contributed by atoms with Crippen molar-refractivity contribution in [1.29, 1.82) is 0 Å². The minimum Gasteiger partial charge on any atom is -0.391 e. The lowest BCUT2D eigenvalue weighted by Gasteiger charge is -2.34. The van der Waals surface area contributed by atoms with E-state index in [2.05, 4.69) is 20.3 Å².